The summed E-state index contributed by atoms with van der Waals surface area (Å²) >= 11 is 0. The normalized spacial score (nSPS) is 27.5. The molecule has 0 radical (unpaired) electrons. The van der Waals surface area contributed by atoms with Crippen LogP contribution in [0.5, 0.6) is 0 Å². The van der Waals surface area contributed by atoms with E-state index in [1.165, 1.54) is 24.8 Å². The zero-order chi connectivity index (χ0) is 9.97. The first-order chi connectivity index (χ1) is 6.75. The van der Waals surface area contributed by atoms with E-state index in [0.717, 1.165) is 12.1 Å². The topological polar surface area (TPSA) is 52.0 Å². The molecular formula is C12H18N2. The van der Waals surface area contributed by atoms with Crippen LogP contribution in [0.25, 0.3) is 0 Å². The predicted molar refractivity (Wildman–Crippen MR) is 60.0 cm³/mol. The van der Waals surface area contributed by atoms with Crippen LogP contribution in [0.4, 0.5) is 5.69 Å². The van der Waals surface area contributed by atoms with Gasteiger partial charge in [0.25, 0.3) is 0 Å². The molecule has 2 heteroatoms. The van der Waals surface area contributed by atoms with Gasteiger partial charge in [-0.3, -0.25) is 0 Å². The Morgan fingerprint density at radius 1 is 1.21 bits per heavy atom. The van der Waals surface area contributed by atoms with Gasteiger partial charge in [0.1, 0.15) is 0 Å². The Morgan fingerprint density at radius 2 is 2.07 bits per heavy atom. The van der Waals surface area contributed by atoms with Gasteiger partial charge in [-0.1, -0.05) is 18.6 Å². The SMILES string of the molecule is Nc1cccc(C2CCCC(N)C2)c1. The van der Waals surface area contributed by atoms with Crippen molar-refractivity contribution in [1.82, 2.24) is 0 Å². The highest BCUT2D eigenvalue weighted by Crippen LogP contribution is 2.32. The van der Waals surface area contributed by atoms with Crippen molar-refractivity contribution < 1.29 is 0 Å². The van der Waals surface area contributed by atoms with E-state index in [1.807, 2.05) is 12.1 Å². The maximum Gasteiger partial charge on any atom is 0.0316 e. The molecule has 0 aliphatic heterocycles. The van der Waals surface area contributed by atoms with Crippen LogP contribution in [0, 0.1) is 0 Å². The third kappa shape index (κ3) is 2.07. The second-order valence-corrected chi connectivity index (χ2v) is 4.29. The van der Waals surface area contributed by atoms with Gasteiger partial charge in [-0.2, -0.15) is 0 Å². The molecule has 4 N–H and O–H groups in total. The van der Waals surface area contributed by atoms with E-state index in [1.54, 1.807) is 0 Å². The lowest BCUT2D eigenvalue weighted by Gasteiger charge is -2.27. The molecule has 1 fully saturated rings. The maximum atomic E-state index is 5.97. The number of hydrogen-bond donors (Lipinski definition) is 2. The fourth-order valence-corrected chi connectivity index (χ4v) is 2.34. The number of nitrogen functional groups attached to an aromatic ring is 1. The molecule has 2 atom stereocenters. The molecule has 2 nitrogen and oxygen atoms in total. The molecule has 1 saturated carbocycles. The van der Waals surface area contributed by atoms with Crippen LogP contribution in [0.1, 0.15) is 37.2 Å². The Labute approximate surface area is 85.3 Å². The second-order valence-electron chi connectivity index (χ2n) is 4.29. The van der Waals surface area contributed by atoms with Gasteiger partial charge in [0.15, 0.2) is 0 Å². The Kier molecular flexibility index (Phi) is 2.73. The summed E-state index contributed by atoms with van der Waals surface area (Å²) in [6.45, 7) is 0. The molecule has 0 spiro atoms. The van der Waals surface area contributed by atoms with Crippen molar-refractivity contribution in [2.75, 3.05) is 5.73 Å². The van der Waals surface area contributed by atoms with Crippen LogP contribution >= 0.6 is 0 Å². The summed E-state index contributed by atoms with van der Waals surface area (Å²) in [6, 6.07) is 8.61. The molecule has 0 heterocycles. The number of hydrogen-bond acceptors (Lipinski definition) is 2. The van der Waals surface area contributed by atoms with E-state index in [-0.39, 0.29) is 0 Å². The van der Waals surface area contributed by atoms with Crippen LogP contribution < -0.4 is 11.5 Å². The zero-order valence-electron chi connectivity index (χ0n) is 8.45. The molecule has 0 amide bonds. The molecular weight excluding hydrogens is 172 g/mol. The third-order valence-electron chi connectivity index (χ3n) is 3.10. The van der Waals surface area contributed by atoms with E-state index in [9.17, 15) is 0 Å². The van der Waals surface area contributed by atoms with Gasteiger partial charge in [0.05, 0.1) is 0 Å². The van der Waals surface area contributed by atoms with Gasteiger partial charge in [-0.15, -0.1) is 0 Å². The summed E-state index contributed by atoms with van der Waals surface area (Å²) in [5, 5.41) is 0. The lowest BCUT2D eigenvalue weighted by molar-refractivity contribution is 0.393. The second kappa shape index (κ2) is 4.01. The number of nitrogens with two attached hydrogens (primary N) is 2. The van der Waals surface area contributed by atoms with Crippen LogP contribution in [0.3, 0.4) is 0 Å². The average molecular weight is 190 g/mol. The Bertz CT molecular complexity index is 309. The fourth-order valence-electron chi connectivity index (χ4n) is 2.34. The number of benzene rings is 1. The first-order valence-corrected chi connectivity index (χ1v) is 5.37. The van der Waals surface area contributed by atoms with Gasteiger partial charge in [-0.05, 0) is 42.9 Å². The van der Waals surface area contributed by atoms with Gasteiger partial charge in [0.2, 0.25) is 0 Å². The summed E-state index contributed by atoms with van der Waals surface area (Å²) in [6.07, 6.45) is 4.81. The molecule has 1 aromatic carbocycles. The average Bonchev–Trinajstić information content (AvgIpc) is 2.18. The van der Waals surface area contributed by atoms with E-state index in [2.05, 4.69) is 12.1 Å². The van der Waals surface area contributed by atoms with Crippen molar-refractivity contribution in [2.45, 2.75) is 37.6 Å². The highest BCUT2D eigenvalue weighted by molar-refractivity contribution is 5.41. The van der Waals surface area contributed by atoms with E-state index in [4.69, 9.17) is 11.5 Å². The lowest BCUT2D eigenvalue weighted by Crippen LogP contribution is -2.26. The molecule has 0 bridgehead atoms. The van der Waals surface area contributed by atoms with Crippen molar-refractivity contribution in [3.63, 3.8) is 0 Å². The van der Waals surface area contributed by atoms with Crippen molar-refractivity contribution in [3.8, 4) is 0 Å². The predicted octanol–water partition coefficient (Wildman–Crippen LogP) is 2.25. The summed E-state index contributed by atoms with van der Waals surface area (Å²) in [5.74, 6) is 0.627. The van der Waals surface area contributed by atoms with Gasteiger partial charge in [0, 0.05) is 11.7 Å². The van der Waals surface area contributed by atoms with E-state index in [0.29, 0.717) is 12.0 Å². The van der Waals surface area contributed by atoms with Crippen LogP contribution in [0.15, 0.2) is 24.3 Å². The van der Waals surface area contributed by atoms with Crippen molar-refractivity contribution >= 4 is 5.69 Å². The molecule has 0 aromatic heterocycles. The summed E-state index contributed by atoms with van der Waals surface area (Å²) in [7, 11) is 0. The summed E-state index contributed by atoms with van der Waals surface area (Å²) in [5.41, 5.74) is 14.0. The Hall–Kier alpha value is -1.02. The highest BCUT2D eigenvalue weighted by Gasteiger charge is 2.20. The van der Waals surface area contributed by atoms with Gasteiger partial charge in [-0.25, -0.2) is 0 Å². The maximum absolute atomic E-state index is 5.97. The highest BCUT2D eigenvalue weighted by atomic mass is 14.6. The van der Waals surface area contributed by atoms with Crippen LogP contribution in [-0.2, 0) is 0 Å². The van der Waals surface area contributed by atoms with Gasteiger partial charge < -0.3 is 11.5 Å². The number of anilines is 1. The minimum absolute atomic E-state index is 0.384. The minimum atomic E-state index is 0.384. The van der Waals surface area contributed by atoms with Gasteiger partial charge >= 0.3 is 0 Å². The fraction of sp³-hybridized carbons (Fsp3) is 0.500. The first kappa shape index (κ1) is 9.53. The molecule has 2 unspecified atom stereocenters. The molecule has 0 saturated heterocycles. The molecule has 1 aliphatic carbocycles. The molecule has 1 aliphatic rings. The van der Waals surface area contributed by atoms with Crippen molar-refractivity contribution in [2.24, 2.45) is 5.73 Å². The van der Waals surface area contributed by atoms with Crippen LogP contribution in [-0.4, -0.2) is 6.04 Å². The molecule has 14 heavy (non-hydrogen) atoms. The summed E-state index contributed by atoms with van der Waals surface area (Å²) in [4.78, 5) is 0. The third-order valence-corrected chi connectivity index (χ3v) is 3.10. The van der Waals surface area contributed by atoms with Crippen LogP contribution in [0.2, 0.25) is 0 Å². The Balaban J connectivity index is 2.14. The van der Waals surface area contributed by atoms with Crippen molar-refractivity contribution in [3.05, 3.63) is 29.8 Å². The first-order valence-electron chi connectivity index (χ1n) is 5.37. The molecule has 2 rings (SSSR count). The smallest absolute Gasteiger partial charge is 0.0316 e. The van der Waals surface area contributed by atoms with Crippen molar-refractivity contribution in [1.29, 1.82) is 0 Å². The zero-order valence-corrected chi connectivity index (χ0v) is 8.45. The molecule has 1 aromatic rings. The largest absolute Gasteiger partial charge is 0.399 e. The quantitative estimate of drug-likeness (QED) is 0.667. The monoisotopic (exact) mass is 190 g/mol. The molecule has 76 valence electrons. The van der Waals surface area contributed by atoms with E-state index < -0.39 is 0 Å². The minimum Gasteiger partial charge on any atom is -0.399 e. The Morgan fingerprint density at radius 3 is 2.79 bits per heavy atom. The van der Waals surface area contributed by atoms with E-state index >= 15 is 0 Å². The standard InChI is InChI=1S/C12H18N2/c13-11-5-1-3-9(7-11)10-4-2-6-12(14)8-10/h1,3,5,7,10,12H,2,4,6,8,13-14H2. The lowest BCUT2D eigenvalue weighted by atomic mass is 9.82. The number of rotatable bonds is 1. The summed E-state index contributed by atoms with van der Waals surface area (Å²) < 4.78 is 0.